The van der Waals surface area contributed by atoms with Gasteiger partial charge in [0.2, 0.25) is 0 Å². The average Bonchev–Trinajstić information content (AvgIpc) is 2.43. The van der Waals surface area contributed by atoms with Crippen molar-refractivity contribution in [1.29, 1.82) is 5.26 Å². The first-order chi connectivity index (χ1) is 8.83. The van der Waals surface area contributed by atoms with Crippen LogP contribution in [0.25, 0.3) is 0 Å². The number of piperazine rings is 1. The van der Waals surface area contributed by atoms with Crippen LogP contribution >= 0.6 is 0 Å². The van der Waals surface area contributed by atoms with E-state index in [1.54, 1.807) is 0 Å². The fourth-order valence-corrected chi connectivity index (χ4v) is 2.41. The smallest absolute Gasteiger partial charge is 0.0976 e. The van der Waals surface area contributed by atoms with Crippen molar-refractivity contribution in [1.82, 2.24) is 14.8 Å². The van der Waals surface area contributed by atoms with Gasteiger partial charge in [-0.25, -0.2) is 0 Å². The van der Waals surface area contributed by atoms with Crippen LogP contribution in [0.4, 0.5) is 0 Å². The predicted molar refractivity (Wildman–Crippen MR) is 70.8 cm³/mol. The summed E-state index contributed by atoms with van der Waals surface area (Å²) in [5.41, 5.74) is 1.31. The zero-order chi connectivity index (χ0) is 12.8. The highest BCUT2D eigenvalue weighted by molar-refractivity contribution is 5.09. The maximum absolute atomic E-state index is 9.07. The molecule has 1 atom stereocenters. The maximum atomic E-state index is 9.07. The summed E-state index contributed by atoms with van der Waals surface area (Å²) in [6, 6.07) is 6.61. The van der Waals surface area contributed by atoms with Crippen molar-refractivity contribution < 1.29 is 0 Å². The molecule has 4 nitrogen and oxygen atoms in total. The first kappa shape index (κ1) is 13.0. The van der Waals surface area contributed by atoms with Crippen LogP contribution in [0.15, 0.2) is 24.5 Å². The second-order valence-corrected chi connectivity index (χ2v) is 4.72. The number of nitriles is 1. The molecule has 1 aliphatic rings. The molecular weight excluding hydrogens is 224 g/mol. The van der Waals surface area contributed by atoms with Crippen molar-refractivity contribution in [3.05, 3.63) is 30.1 Å². The summed E-state index contributed by atoms with van der Waals surface area (Å²) in [5.74, 6) is 0. The fourth-order valence-electron chi connectivity index (χ4n) is 2.41. The van der Waals surface area contributed by atoms with Crippen LogP contribution in [0.1, 0.15) is 18.9 Å². The van der Waals surface area contributed by atoms with Crippen LogP contribution < -0.4 is 0 Å². The minimum absolute atomic E-state index is 0.0908. The second kappa shape index (κ2) is 6.48. The van der Waals surface area contributed by atoms with Crippen LogP contribution in [-0.2, 0) is 6.54 Å². The summed E-state index contributed by atoms with van der Waals surface area (Å²) in [5, 5.41) is 9.07. The number of rotatable bonds is 4. The molecule has 1 fully saturated rings. The van der Waals surface area contributed by atoms with Gasteiger partial charge >= 0.3 is 0 Å². The lowest BCUT2D eigenvalue weighted by Gasteiger charge is -2.36. The highest BCUT2D eigenvalue weighted by Crippen LogP contribution is 2.11. The summed E-state index contributed by atoms with van der Waals surface area (Å²) < 4.78 is 0. The van der Waals surface area contributed by atoms with Gasteiger partial charge in [-0.05, 0) is 24.1 Å². The van der Waals surface area contributed by atoms with E-state index in [0.29, 0.717) is 0 Å². The standard InChI is InChI=1S/C14H20N4/c1-2-14(11-15)18-9-7-17(8-10-18)12-13-3-5-16-6-4-13/h3-6,14H,2,7-10,12H2,1H3. The van der Waals surface area contributed by atoms with Crippen molar-refractivity contribution in [3.8, 4) is 6.07 Å². The molecule has 0 spiro atoms. The van der Waals surface area contributed by atoms with E-state index in [-0.39, 0.29) is 6.04 Å². The Bertz CT molecular complexity index is 390. The van der Waals surface area contributed by atoms with Crippen molar-refractivity contribution in [2.24, 2.45) is 0 Å². The molecule has 0 radical (unpaired) electrons. The normalized spacial score (nSPS) is 19.3. The quantitative estimate of drug-likeness (QED) is 0.805. The first-order valence-electron chi connectivity index (χ1n) is 6.58. The van der Waals surface area contributed by atoms with Crippen molar-refractivity contribution in [2.75, 3.05) is 26.2 Å². The van der Waals surface area contributed by atoms with E-state index in [4.69, 9.17) is 5.26 Å². The first-order valence-corrected chi connectivity index (χ1v) is 6.58. The molecular formula is C14H20N4. The topological polar surface area (TPSA) is 43.2 Å². The van der Waals surface area contributed by atoms with E-state index in [1.807, 2.05) is 12.4 Å². The molecule has 4 heteroatoms. The van der Waals surface area contributed by atoms with Crippen LogP contribution in [0.3, 0.4) is 0 Å². The number of nitrogens with zero attached hydrogens (tertiary/aromatic N) is 4. The summed E-state index contributed by atoms with van der Waals surface area (Å²) >= 11 is 0. The molecule has 1 aromatic heterocycles. The Hall–Kier alpha value is -1.44. The van der Waals surface area contributed by atoms with Gasteiger partial charge in [0.05, 0.1) is 12.1 Å². The molecule has 0 saturated carbocycles. The van der Waals surface area contributed by atoms with E-state index in [9.17, 15) is 0 Å². The van der Waals surface area contributed by atoms with Crippen molar-refractivity contribution in [3.63, 3.8) is 0 Å². The van der Waals surface area contributed by atoms with Gasteiger partial charge < -0.3 is 0 Å². The van der Waals surface area contributed by atoms with Gasteiger partial charge in [0.15, 0.2) is 0 Å². The molecule has 1 aromatic rings. The number of pyridine rings is 1. The highest BCUT2D eigenvalue weighted by atomic mass is 15.3. The third kappa shape index (κ3) is 3.28. The van der Waals surface area contributed by atoms with Gasteiger partial charge in [0.1, 0.15) is 0 Å². The Morgan fingerprint density at radius 1 is 1.28 bits per heavy atom. The van der Waals surface area contributed by atoms with Gasteiger partial charge in [0, 0.05) is 45.1 Å². The molecule has 18 heavy (non-hydrogen) atoms. The zero-order valence-electron chi connectivity index (χ0n) is 10.9. The molecule has 0 bridgehead atoms. The van der Waals surface area contributed by atoms with Crippen LogP contribution in [0, 0.1) is 11.3 Å². The highest BCUT2D eigenvalue weighted by Gasteiger charge is 2.22. The Morgan fingerprint density at radius 3 is 2.50 bits per heavy atom. The minimum Gasteiger partial charge on any atom is -0.297 e. The molecule has 2 heterocycles. The van der Waals surface area contributed by atoms with Gasteiger partial charge in [0.25, 0.3) is 0 Å². The molecule has 96 valence electrons. The molecule has 2 rings (SSSR count). The molecule has 0 N–H and O–H groups in total. The number of hydrogen-bond acceptors (Lipinski definition) is 4. The monoisotopic (exact) mass is 244 g/mol. The van der Waals surface area contributed by atoms with E-state index >= 15 is 0 Å². The SMILES string of the molecule is CCC(C#N)N1CCN(Cc2ccncc2)CC1. The van der Waals surface area contributed by atoms with Crippen LogP contribution in [0.2, 0.25) is 0 Å². The minimum atomic E-state index is 0.0908. The summed E-state index contributed by atoms with van der Waals surface area (Å²) in [7, 11) is 0. The van der Waals surface area contributed by atoms with Crippen LogP contribution in [-0.4, -0.2) is 47.0 Å². The lowest BCUT2D eigenvalue weighted by molar-refractivity contribution is 0.108. The van der Waals surface area contributed by atoms with E-state index in [0.717, 1.165) is 39.1 Å². The average molecular weight is 244 g/mol. The molecule has 1 saturated heterocycles. The fraction of sp³-hybridized carbons (Fsp3) is 0.571. The predicted octanol–water partition coefficient (Wildman–Crippen LogP) is 1.50. The van der Waals surface area contributed by atoms with Gasteiger partial charge in [-0.15, -0.1) is 0 Å². The lowest BCUT2D eigenvalue weighted by atomic mass is 10.1. The second-order valence-electron chi connectivity index (χ2n) is 4.72. The molecule has 1 aliphatic heterocycles. The summed E-state index contributed by atoms with van der Waals surface area (Å²) in [6.45, 7) is 7.15. The lowest BCUT2D eigenvalue weighted by Crippen LogP contribution is -2.49. The van der Waals surface area contributed by atoms with E-state index in [2.05, 4.69) is 39.9 Å². The molecule has 1 unspecified atom stereocenters. The summed E-state index contributed by atoms with van der Waals surface area (Å²) in [6.07, 6.45) is 4.60. The largest absolute Gasteiger partial charge is 0.297 e. The number of aromatic nitrogens is 1. The Kier molecular flexibility index (Phi) is 4.68. The molecule has 0 aliphatic carbocycles. The van der Waals surface area contributed by atoms with E-state index in [1.165, 1.54) is 5.56 Å². The van der Waals surface area contributed by atoms with Crippen LogP contribution in [0.5, 0.6) is 0 Å². The zero-order valence-corrected chi connectivity index (χ0v) is 10.9. The van der Waals surface area contributed by atoms with E-state index < -0.39 is 0 Å². The van der Waals surface area contributed by atoms with Crippen molar-refractivity contribution >= 4 is 0 Å². The summed E-state index contributed by atoms with van der Waals surface area (Å²) in [4.78, 5) is 8.77. The molecule has 0 aromatic carbocycles. The van der Waals surface area contributed by atoms with Gasteiger partial charge in [-0.2, -0.15) is 5.26 Å². The maximum Gasteiger partial charge on any atom is 0.0976 e. The van der Waals surface area contributed by atoms with Gasteiger partial charge in [-0.3, -0.25) is 14.8 Å². The third-order valence-corrected chi connectivity index (χ3v) is 3.54. The third-order valence-electron chi connectivity index (χ3n) is 3.54. The van der Waals surface area contributed by atoms with Crippen molar-refractivity contribution in [2.45, 2.75) is 25.9 Å². The van der Waals surface area contributed by atoms with Gasteiger partial charge in [-0.1, -0.05) is 6.92 Å². The Morgan fingerprint density at radius 2 is 1.94 bits per heavy atom. The Balaban J connectivity index is 1.82. The number of hydrogen-bond donors (Lipinski definition) is 0. The molecule has 0 amide bonds. The Labute approximate surface area is 109 Å².